The van der Waals surface area contributed by atoms with Gasteiger partial charge in [-0.15, -0.1) is 0 Å². The number of aromatic nitrogens is 2. The summed E-state index contributed by atoms with van der Waals surface area (Å²) < 4.78 is 16.1. The van der Waals surface area contributed by atoms with Crippen LogP contribution in [0.15, 0.2) is 22.7 Å². The zero-order valence-corrected chi connectivity index (χ0v) is 11.3. The minimum absolute atomic E-state index is 0.146. The second-order valence-electron chi connectivity index (χ2n) is 3.84. The average molecular weight is 313 g/mol. The van der Waals surface area contributed by atoms with E-state index in [1.165, 1.54) is 12.1 Å². The van der Waals surface area contributed by atoms with Gasteiger partial charge in [-0.2, -0.15) is 0 Å². The molecule has 1 N–H and O–H groups in total. The van der Waals surface area contributed by atoms with Crippen LogP contribution >= 0.6 is 15.9 Å². The summed E-state index contributed by atoms with van der Waals surface area (Å²) in [5.74, 6) is -1.14. The van der Waals surface area contributed by atoms with Gasteiger partial charge in [-0.25, -0.2) is 14.2 Å². The van der Waals surface area contributed by atoms with Gasteiger partial charge in [0.15, 0.2) is 5.69 Å². The average Bonchev–Trinajstić information content (AvgIpc) is 2.60. The van der Waals surface area contributed by atoms with E-state index in [1.54, 1.807) is 24.6 Å². The fraction of sp³-hybridized carbons (Fsp3) is 0.167. The highest BCUT2D eigenvalue weighted by Gasteiger charge is 2.22. The normalized spacial score (nSPS) is 10.7. The molecule has 0 bridgehead atoms. The molecule has 0 unspecified atom stereocenters. The molecule has 4 nitrogen and oxygen atoms in total. The maximum atomic E-state index is 13.8. The smallest absolute Gasteiger partial charge is 0.356 e. The molecule has 2 aromatic rings. The Morgan fingerprint density at radius 1 is 1.50 bits per heavy atom. The van der Waals surface area contributed by atoms with Crippen LogP contribution in [0.5, 0.6) is 0 Å². The second kappa shape index (κ2) is 4.53. The second-order valence-corrected chi connectivity index (χ2v) is 4.76. The summed E-state index contributed by atoms with van der Waals surface area (Å²) in [6.07, 6.45) is 0. The van der Waals surface area contributed by atoms with Crippen LogP contribution in [0.25, 0.3) is 11.3 Å². The largest absolute Gasteiger partial charge is 0.476 e. The number of carbonyl (C=O) groups is 1. The Labute approximate surface area is 111 Å². The Morgan fingerprint density at radius 3 is 2.78 bits per heavy atom. The van der Waals surface area contributed by atoms with Gasteiger partial charge in [0.1, 0.15) is 11.6 Å². The summed E-state index contributed by atoms with van der Waals surface area (Å²) in [6, 6.07) is 4.38. The van der Waals surface area contributed by atoms with Gasteiger partial charge >= 0.3 is 5.97 Å². The van der Waals surface area contributed by atoms with Gasteiger partial charge in [-0.05, 0) is 25.1 Å². The summed E-state index contributed by atoms with van der Waals surface area (Å²) in [4.78, 5) is 15.1. The van der Waals surface area contributed by atoms with Crippen molar-refractivity contribution in [3.8, 4) is 11.3 Å². The molecule has 18 heavy (non-hydrogen) atoms. The van der Waals surface area contributed by atoms with Crippen molar-refractivity contribution in [3.63, 3.8) is 0 Å². The maximum absolute atomic E-state index is 13.8. The zero-order chi connectivity index (χ0) is 13.4. The van der Waals surface area contributed by atoms with Gasteiger partial charge in [0.25, 0.3) is 0 Å². The lowest BCUT2D eigenvalue weighted by atomic mass is 10.1. The van der Waals surface area contributed by atoms with E-state index >= 15 is 0 Å². The number of imidazole rings is 1. The Hall–Kier alpha value is -1.69. The first-order chi connectivity index (χ1) is 8.41. The molecular weight excluding hydrogens is 303 g/mol. The van der Waals surface area contributed by atoms with Crippen LogP contribution in [0.1, 0.15) is 16.3 Å². The van der Waals surface area contributed by atoms with E-state index in [9.17, 15) is 9.18 Å². The van der Waals surface area contributed by atoms with Gasteiger partial charge in [0.2, 0.25) is 0 Å². The molecule has 6 heteroatoms. The van der Waals surface area contributed by atoms with Crippen LogP contribution in [-0.2, 0) is 7.05 Å². The topological polar surface area (TPSA) is 55.1 Å². The van der Waals surface area contributed by atoms with Crippen molar-refractivity contribution < 1.29 is 14.3 Å². The molecule has 0 saturated carbocycles. The number of hydrogen-bond donors (Lipinski definition) is 1. The molecule has 0 aliphatic carbocycles. The van der Waals surface area contributed by atoms with Gasteiger partial charge in [-0.3, -0.25) is 0 Å². The predicted molar refractivity (Wildman–Crippen MR) is 68.0 cm³/mol. The van der Waals surface area contributed by atoms with Crippen LogP contribution in [-0.4, -0.2) is 20.6 Å². The molecule has 1 aromatic heterocycles. The number of halogens is 2. The van der Waals surface area contributed by atoms with Crippen LogP contribution in [0, 0.1) is 12.7 Å². The third-order valence-corrected chi connectivity index (χ3v) is 3.20. The number of carboxylic acids is 1. The van der Waals surface area contributed by atoms with E-state index in [0.29, 0.717) is 10.3 Å². The van der Waals surface area contributed by atoms with E-state index in [2.05, 4.69) is 20.9 Å². The highest BCUT2D eigenvalue weighted by atomic mass is 79.9. The van der Waals surface area contributed by atoms with Crippen LogP contribution in [0.3, 0.4) is 0 Å². The lowest BCUT2D eigenvalue weighted by Crippen LogP contribution is -2.02. The molecule has 0 fully saturated rings. The van der Waals surface area contributed by atoms with E-state index in [-0.39, 0.29) is 17.0 Å². The van der Waals surface area contributed by atoms with E-state index in [4.69, 9.17) is 5.11 Å². The third-order valence-electron chi connectivity index (χ3n) is 2.70. The van der Waals surface area contributed by atoms with Crippen LogP contribution in [0.4, 0.5) is 4.39 Å². The van der Waals surface area contributed by atoms with Gasteiger partial charge in [-0.1, -0.05) is 15.9 Å². The van der Waals surface area contributed by atoms with E-state index in [0.717, 1.165) is 0 Å². The highest BCUT2D eigenvalue weighted by Crippen LogP contribution is 2.29. The Kier molecular flexibility index (Phi) is 3.21. The fourth-order valence-electron chi connectivity index (χ4n) is 1.75. The monoisotopic (exact) mass is 312 g/mol. The van der Waals surface area contributed by atoms with E-state index in [1.807, 2.05) is 0 Å². The Bertz CT molecular complexity index is 637. The third kappa shape index (κ3) is 2.03. The highest BCUT2D eigenvalue weighted by molar-refractivity contribution is 9.10. The number of benzene rings is 1. The van der Waals surface area contributed by atoms with Crippen molar-refractivity contribution in [1.82, 2.24) is 9.55 Å². The lowest BCUT2D eigenvalue weighted by Gasteiger charge is -2.07. The van der Waals surface area contributed by atoms with Gasteiger partial charge in [0.05, 0.1) is 5.69 Å². The van der Waals surface area contributed by atoms with Gasteiger partial charge < -0.3 is 9.67 Å². The maximum Gasteiger partial charge on any atom is 0.356 e. The first-order valence-corrected chi connectivity index (χ1v) is 5.93. The number of rotatable bonds is 2. The minimum Gasteiger partial charge on any atom is -0.476 e. The molecule has 0 spiro atoms. The molecule has 94 valence electrons. The van der Waals surface area contributed by atoms with Crippen molar-refractivity contribution in [2.24, 2.45) is 7.05 Å². The summed E-state index contributed by atoms with van der Waals surface area (Å²) in [7, 11) is 1.66. The number of hydrogen-bond acceptors (Lipinski definition) is 2. The standard InChI is InChI=1S/C12H10BrFN2O2/c1-6-15-10(12(17)18)11(16(6)2)8-5-7(13)3-4-9(8)14/h3-5H,1-2H3,(H,17,18). The summed E-state index contributed by atoms with van der Waals surface area (Å²) in [5.41, 5.74) is 0.329. The minimum atomic E-state index is -1.17. The van der Waals surface area contributed by atoms with Crippen molar-refractivity contribution in [2.45, 2.75) is 6.92 Å². The number of carboxylic acid groups (broad SMARTS) is 1. The summed E-state index contributed by atoms with van der Waals surface area (Å²) >= 11 is 3.24. The first kappa shape index (κ1) is 12.8. The Morgan fingerprint density at radius 2 is 2.17 bits per heavy atom. The predicted octanol–water partition coefficient (Wildman–Crippen LogP) is 3.00. The molecule has 2 rings (SSSR count). The molecule has 0 aliphatic heterocycles. The SMILES string of the molecule is Cc1nc(C(=O)O)c(-c2cc(Br)ccc2F)n1C. The van der Waals surface area contributed by atoms with Crippen LogP contribution < -0.4 is 0 Å². The molecule has 0 amide bonds. The van der Waals surface area contributed by atoms with Crippen molar-refractivity contribution in [1.29, 1.82) is 0 Å². The number of aryl methyl sites for hydroxylation is 1. The van der Waals surface area contributed by atoms with Gasteiger partial charge in [0, 0.05) is 17.1 Å². The fourth-order valence-corrected chi connectivity index (χ4v) is 2.11. The summed E-state index contributed by atoms with van der Waals surface area (Å²) in [5, 5.41) is 9.11. The van der Waals surface area contributed by atoms with E-state index < -0.39 is 11.8 Å². The lowest BCUT2D eigenvalue weighted by molar-refractivity contribution is 0.0692. The molecule has 1 aromatic carbocycles. The summed E-state index contributed by atoms with van der Waals surface area (Å²) in [6.45, 7) is 1.67. The molecule has 0 aliphatic rings. The van der Waals surface area contributed by atoms with Crippen LogP contribution in [0.2, 0.25) is 0 Å². The zero-order valence-electron chi connectivity index (χ0n) is 9.74. The molecule has 1 heterocycles. The molecule has 0 radical (unpaired) electrons. The number of aromatic carboxylic acids is 1. The molecular formula is C12H10BrFN2O2. The molecule has 0 atom stereocenters. The van der Waals surface area contributed by atoms with Crippen molar-refractivity contribution >= 4 is 21.9 Å². The Balaban J connectivity index is 2.77. The van der Waals surface area contributed by atoms with Crippen molar-refractivity contribution in [2.75, 3.05) is 0 Å². The number of nitrogens with zero attached hydrogens (tertiary/aromatic N) is 2. The first-order valence-electron chi connectivity index (χ1n) is 5.14. The quantitative estimate of drug-likeness (QED) is 0.927. The van der Waals surface area contributed by atoms with Crippen molar-refractivity contribution in [3.05, 3.63) is 40.0 Å². The molecule has 0 saturated heterocycles.